The van der Waals surface area contributed by atoms with E-state index in [1.54, 1.807) is 0 Å². The molecule has 0 aromatic heterocycles. The second-order valence-electron chi connectivity index (χ2n) is 13.1. The van der Waals surface area contributed by atoms with Crippen molar-refractivity contribution >= 4 is 15.8 Å². The number of carboxylic acid groups (broad SMARTS) is 1. The van der Waals surface area contributed by atoms with E-state index < -0.39 is 33.8 Å². The number of hydrogen-bond donors (Lipinski definition) is 4. The Kier molecular flexibility index (Phi) is 7.68. The van der Waals surface area contributed by atoms with Crippen LogP contribution >= 0.6 is 0 Å². The molecule has 11 atom stereocenters. The largest absolute Gasteiger partial charge is 0.481 e. The fraction of sp³-hybridized carbons (Fsp3) is 0.963. The number of fused-ring (bicyclic) bond motifs is 5. The molecule has 0 spiro atoms. The predicted octanol–water partition coefficient (Wildman–Crippen LogP) is 2.84. The highest BCUT2D eigenvalue weighted by atomic mass is 32.2. The summed E-state index contributed by atoms with van der Waals surface area (Å²) in [5, 5.41) is 43.4. The van der Waals surface area contributed by atoms with Crippen LogP contribution in [0.15, 0.2) is 0 Å². The minimum atomic E-state index is -3.18. The van der Waals surface area contributed by atoms with Crippen LogP contribution in [0.5, 0.6) is 0 Å². The second kappa shape index (κ2) is 9.78. The van der Waals surface area contributed by atoms with E-state index in [0.29, 0.717) is 38.5 Å². The summed E-state index contributed by atoms with van der Waals surface area (Å²) in [5.74, 6) is -1.47. The molecule has 0 heterocycles. The van der Waals surface area contributed by atoms with E-state index in [1.807, 2.05) is 0 Å². The predicted molar refractivity (Wildman–Crippen MR) is 135 cm³/mol. The lowest BCUT2D eigenvalue weighted by Gasteiger charge is -2.64. The van der Waals surface area contributed by atoms with Crippen molar-refractivity contribution in [3.8, 4) is 0 Å². The molecule has 0 aromatic carbocycles. The molecule has 0 aromatic rings. The molecule has 8 nitrogen and oxygen atoms in total. The summed E-state index contributed by atoms with van der Waals surface area (Å²) in [6, 6.07) is 0. The lowest BCUT2D eigenvalue weighted by atomic mass is 9.43. The van der Waals surface area contributed by atoms with Gasteiger partial charge in [0.15, 0.2) is 5.79 Å². The number of aliphatic hydroxyl groups is 3. The highest BCUT2D eigenvalue weighted by molar-refractivity contribution is 7.90. The van der Waals surface area contributed by atoms with Gasteiger partial charge in [0.25, 0.3) is 0 Å². The van der Waals surface area contributed by atoms with Crippen molar-refractivity contribution in [2.75, 3.05) is 18.6 Å². The highest BCUT2D eigenvalue weighted by Crippen LogP contribution is 2.69. The number of sulfone groups is 1. The maximum Gasteiger partial charge on any atom is 0.303 e. The van der Waals surface area contributed by atoms with Crippen molar-refractivity contribution in [2.24, 2.45) is 46.3 Å². The molecule has 9 heteroatoms. The normalized spacial score (nSPS) is 47.5. The number of rotatable bonds is 8. The molecule has 4 fully saturated rings. The Morgan fingerprint density at radius 1 is 1.11 bits per heavy atom. The van der Waals surface area contributed by atoms with E-state index in [-0.39, 0.29) is 65.1 Å². The Morgan fingerprint density at radius 2 is 1.81 bits per heavy atom. The smallest absolute Gasteiger partial charge is 0.303 e. The summed E-state index contributed by atoms with van der Waals surface area (Å²) >= 11 is 0. The maximum absolute atomic E-state index is 11.6. The molecule has 0 aliphatic heterocycles. The van der Waals surface area contributed by atoms with E-state index in [1.165, 1.54) is 0 Å². The first-order valence-corrected chi connectivity index (χ1v) is 15.8. The average molecular weight is 531 g/mol. The van der Waals surface area contributed by atoms with Crippen LogP contribution in [0.25, 0.3) is 0 Å². The highest BCUT2D eigenvalue weighted by Gasteiger charge is 2.66. The van der Waals surface area contributed by atoms with Gasteiger partial charge in [-0.05, 0) is 84.9 Å². The van der Waals surface area contributed by atoms with Crippen molar-refractivity contribution in [1.29, 1.82) is 0 Å². The quantitative estimate of drug-likeness (QED) is 0.351. The van der Waals surface area contributed by atoms with Gasteiger partial charge in [0.05, 0.1) is 24.6 Å². The standard InChI is InChI=1S/C27H46O8S/c1-16(5-8-23(30)31)18-6-7-19-24-20(14-22(29)26(18,19)3)25(2)9-10-27(32,15-17(25)13-21(24)28)35-11-12-36(4,33)34/h16-22,24,28-29,32H,5-15H2,1-4H3,(H,30,31)/t16-,17-,18-,19+,20+,21-,22+,24+,25+,26-,27+/m1/s1. The van der Waals surface area contributed by atoms with Gasteiger partial charge in [-0.1, -0.05) is 20.8 Å². The van der Waals surface area contributed by atoms with Crippen LogP contribution in [0, 0.1) is 46.3 Å². The van der Waals surface area contributed by atoms with Crippen molar-refractivity contribution in [2.45, 2.75) is 96.6 Å². The zero-order valence-corrected chi connectivity index (χ0v) is 23.0. The van der Waals surface area contributed by atoms with Gasteiger partial charge in [-0.15, -0.1) is 0 Å². The lowest BCUT2D eigenvalue weighted by molar-refractivity contribution is -0.271. The first kappa shape index (κ1) is 28.3. The summed E-state index contributed by atoms with van der Waals surface area (Å²) in [6.07, 6.45) is 5.38. The number of carboxylic acids is 1. The van der Waals surface area contributed by atoms with E-state index in [4.69, 9.17) is 9.84 Å². The second-order valence-corrected chi connectivity index (χ2v) is 15.4. The monoisotopic (exact) mass is 530 g/mol. The van der Waals surface area contributed by atoms with Crippen LogP contribution in [0.1, 0.15) is 78.6 Å². The topological polar surface area (TPSA) is 141 Å². The molecular weight excluding hydrogens is 484 g/mol. The van der Waals surface area contributed by atoms with Gasteiger partial charge in [0.2, 0.25) is 0 Å². The van der Waals surface area contributed by atoms with Gasteiger partial charge in [-0.3, -0.25) is 4.79 Å². The van der Waals surface area contributed by atoms with E-state index in [0.717, 1.165) is 19.1 Å². The van der Waals surface area contributed by atoms with Gasteiger partial charge in [-0.25, -0.2) is 8.42 Å². The van der Waals surface area contributed by atoms with Crippen LogP contribution in [-0.2, 0) is 19.4 Å². The molecule has 0 unspecified atom stereocenters. The van der Waals surface area contributed by atoms with Crippen molar-refractivity contribution in [3.05, 3.63) is 0 Å². The molecule has 0 bridgehead atoms. The molecule has 4 N–H and O–H groups in total. The van der Waals surface area contributed by atoms with E-state index in [9.17, 15) is 28.5 Å². The van der Waals surface area contributed by atoms with Gasteiger partial charge in [0, 0.05) is 25.5 Å². The number of hydrogen-bond acceptors (Lipinski definition) is 7. The minimum absolute atomic E-state index is 0.0222. The third-order valence-electron chi connectivity index (χ3n) is 11.2. The Balaban J connectivity index is 1.52. The molecule has 208 valence electrons. The summed E-state index contributed by atoms with van der Waals surface area (Å²) in [6.45, 7) is 6.48. The minimum Gasteiger partial charge on any atom is -0.481 e. The SMILES string of the molecule is C[C@H](CCC(=O)O)[C@H]1CC[C@H]2[C@@H]3[C@H](O)C[C@@H]4C[C@@](O)(OCCS(C)(=O)=O)CC[C@]4(C)[C@H]3C[C@H](O)[C@]12C. The Labute approximate surface area is 215 Å². The Morgan fingerprint density at radius 3 is 2.44 bits per heavy atom. The first-order chi connectivity index (χ1) is 16.6. The van der Waals surface area contributed by atoms with Crippen LogP contribution in [-0.4, -0.2) is 71.4 Å². The van der Waals surface area contributed by atoms with Crippen molar-refractivity contribution in [3.63, 3.8) is 0 Å². The summed E-state index contributed by atoms with van der Waals surface area (Å²) in [4.78, 5) is 11.2. The fourth-order valence-corrected chi connectivity index (χ4v) is 9.56. The van der Waals surface area contributed by atoms with Gasteiger partial charge >= 0.3 is 5.97 Å². The number of carbonyl (C=O) groups is 1. The van der Waals surface area contributed by atoms with E-state index >= 15 is 0 Å². The molecule has 4 aliphatic carbocycles. The van der Waals surface area contributed by atoms with Crippen LogP contribution in [0.2, 0.25) is 0 Å². The maximum atomic E-state index is 11.6. The van der Waals surface area contributed by atoms with Crippen molar-refractivity contribution < 1.29 is 38.4 Å². The van der Waals surface area contributed by atoms with Crippen LogP contribution < -0.4 is 0 Å². The number of aliphatic carboxylic acids is 1. The molecule has 4 saturated carbocycles. The van der Waals surface area contributed by atoms with Gasteiger partial charge < -0.3 is 25.2 Å². The third kappa shape index (κ3) is 4.99. The fourth-order valence-electron chi connectivity index (χ4n) is 9.18. The van der Waals surface area contributed by atoms with E-state index in [2.05, 4.69) is 20.8 Å². The summed E-state index contributed by atoms with van der Waals surface area (Å²) in [5.41, 5.74) is -0.487. The third-order valence-corrected chi connectivity index (χ3v) is 12.1. The first-order valence-electron chi connectivity index (χ1n) is 13.7. The Hall–Kier alpha value is -0.740. The molecule has 4 rings (SSSR count). The van der Waals surface area contributed by atoms with Crippen LogP contribution in [0.4, 0.5) is 0 Å². The van der Waals surface area contributed by atoms with Gasteiger partial charge in [-0.2, -0.15) is 0 Å². The number of aliphatic hydroxyl groups excluding tert-OH is 2. The molecule has 36 heavy (non-hydrogen) atoms. The molecule has 4 aliphatic rings. The zero-order valence-electron chi connectivity index (χ0n) is 22.2. The molecule has 0 radical (unpaired) electrons. The van der Waals surface area contributed by atoms with Crippen LogP contribution in [0.3, 0.4) is 0 Å². The van der Waals surface area contributed by atoms with Crippen molar-refractivity contribution in [1.82, 2.24) is 0 Å². The summed E-state index contributed by atoms with van der Waals surface area (Å²) < 4.78 is 28.7. The lowest BCUT2D eigenvalue weighted by Crippen LogP contribution is -2.63. The summed E-state index contributed by atoms with van der Waals surface area (Å²) in [7, 11) is -3.18. The Bertz CT molecular complexity index is 938. The van der Waals surface area contributed by atoms with Gasteiger partial charge in [0.1, 0.15) is 9.84 Å². The average Bonchev–Trinajstić information content (AvgIpc) is 3.12. The zero-order chi connectivity index (χ0) is 26.7. The number of ether oxygens (including phenoxy) is 1. The molecular formula is C27H46O8S. The molecule has 0 amide bonds. The molecule has 0 saturated heterocycles.